The average molecular weight is 360 g/mol. The van der Waals surface area contributed by atoms with Crippen molar-refractivity contribution in [3.05, 3.63) is 35.9 Å². The predicted molar refractivity (Wildman–Crippen MR) is 104 cm³/mol. The minimum Gasteiger partial charge on any atom is -0.444 e. The molecule has 26 heavy (non-hydrogen) atoms. The summed E-state index contributed by atoms with van der Waals surface area (Å²) in [5.41, 5.74) is 0.978. The zero-order chi connectivity index (χ0) is 18.6. The standard InChI is InChI=1S/C21H33N3O2/c1-21(2,3)26-20(25)22-11-7-12-23-15-18-10-13-24(19(18)16-23)14-17-8-5-4-6-9-17/h4-6,8-9,18-19H,7,10-16H2,1-3H3,(H,22,25). The van der Waals surface area contributed by atoms with Crippen LogP contribution in [0.1, 0.15) is 39.2 Å². The number of alkyl carbamates (subject to hydrolysis) is 1. The number of benzene rings is 1. The molecular weight excluding hydrogens is 326 g/mol. The molecule has 5 nitrogen and oxygen atoms in total. The summed E-state index contributed by atoms with van der Waals surface area (Å²) in [5.74, 6) is 0.803. The molecule has 5 heteroatoms. The zero-order valence-corrected chi connectivity index (χ0v) is 16.4. The Morgan fingerprint density at radius 2 is 2.00 bits per heavy atom. The summed E-state index contributed by atoms with van der Waals surface area (Å²) < 4.78 is 5.27. The molecule has 0 bridgehead atoms. The highest BCUT2D eigenvalue weighted by Gasteiger charge is 2.40. The Bertz CT molecular complexity index is 585. The van der Waals surface area contributed by atoms with Gasteiger partial charge in [-0.1, -0.05) is 30.3 Å². The van der Waals surface area contributed by atoms with E-state index in [0.29, 0.717) is 12.6 Å². The van der Waals surface area contributed by atoms with Crippen LogP contribution in [0.4, 0.5) is 4.79 Å². The van der Waals surface area contributed by atoms with Crippen molar-refractivity contribution in [2.75, 3.05) is 32.7 Å². The van der Waals surface area contributed by atoms with Crippen LogP contribution in [0.2, 0.25) is 0 Å². The number of likely N-dealkylation sites (tertiary alicyclic amines) is 2. The summed E-state index contributed by atoms with van der Waals surface area (Å²) in [5, 5.41) is 2.86. The molecule has 2 fully saturated rings. The molecule has 3 rings (SSSR count). The van der Waals surface area contributed by atoms with Crippen LogP contribution in [0.15, 0.2) is 30.3 Å². The van der Waals surface area contributed by atoms with Crippen molar-refractivity contribution < 1.29 is 9.53 Å². The first-order valence-electron chi connectivity index (χ1n) is 9.88. The normalized spacial score (nSPS) is 23.8. The summed E-state index contributed by atoms with van der Waals surface area (Å²) in [6.07, 6.45) is 1.96. The maximum absolute atomic E-state index is 11.7. The minimum absolute atomic E-state index is 0.315. The fraction of sp³-hybridized carbons (Fsp3) is 0.667. The van der Waals surface area contributed by atoms with Crippen LogP contribution in [-0.4, -0.2) is 60.3 Å². The van der Waals surface area contributed by atoms with Gasteiger partial charge in [0.2, 0.25) is 0 Å². The third kappa shape index (κ3) is 5.45. The van der Waals surface area contributed by atoms with Crippen molar-refractivity contribution >= 4 is 6.09 Å². The number of rotatable bonds is 6. The van der Waals surface area contributed by atoms with Crippen LogP contribution in [0, 0.1) is 5.92 Å². The predicted octanol–water partition coefficient (Wildman–Crippen LogP) is 3.11. The Kier molecular flexibility index (Phi) is 6.20. The van der Waals surface area contributed by atoms with Crippen molar-refractivity contribution in [2.45, 2.75) is 51.8 Å². The van der Waals surface area contributed by atoms with Crippen LogP contribution < -0.4 is 5.32 Å². The van der Waals surface area contributed by atoms with Crippen molar-refractivity contribution in [1.29, 1.82) is 0 Å². The molecule has 1 amide bonds. The smallest absolute Gasteiger partial charge is 0.407 e. The van der Waals surface area contributed by atoms with Gasteiger partial charge in [-0.05, 0) is 58.2 Å². The van der Waals surface area contributed by atoms with Crippen LogP contribution in [-0.2, 0) is 11.3 Å². The molecule has 1 N–H and O–H groups in total. The first-order chi connectivity index (χ1) is 12.4. The molecule has 1 aromatic rings. The Morgan fingerprint density at radius 3 is 2.73 bits per heavy atom. The number of hydrogen-bond donors (Lipinski definition) is 1. The van der Waals surface area contributed by atoms with E-state index in [-0.39, 0.29) is 6.09 Å². The van der Waals surface area contributed by atoms with E-state index >= 15 is 0 Å². The van der Waals surface area contributed by atoms with Gasteiger partial charge in [-0.25, -0.2) is 4.79 Å². The number of fused-ring (bicyclic) bond motifs is 1. The highest BCUT2D eigenvalue weighted by Crippen LogP contribution is 2.32. The van der Waals surface area contributed by atoms with Crippen molar-refractivity contribution in [3.63, 3.8) is 0 Å². The molecule has 2 unspecified atom stereocenters. The highest BCUT2D eigenvalue weighted by atomic mass is 16.6. The summed E-state index contributed by atoms with van der Waals surface area (Å²) in [6.45, 7) is 12.0. The van der Waals surface area contributed by atoms with E-state index in [1.54, 1.807) is 0 Å². The zero-order valence-electron chi connectivity index (χ0n) is 16.4. The van der Waals surface area contributed by atoms with Gasteiger partial charge in [-0.3, -0.25) is 4.90 Å². The van der Waals surface area contributed by atoms with Crippen LogP contribution in [0.25, 0.3) is 0 Å². The van der Waals surface area contributed by atoms with Gasteiger partial charge < -0.3 is 15.0 Å². The summed E-state index contributed by atoms with van der Waals surface area (Å²) >= 11 is 0. The third-order valence-corrected chi connectivity index (χ3v) is 5.29. The molecule has 0 aliphatic carbocycles. The van der Waals surface area contributed by atoms with E-state index in [9.17, 15) is 4.79 Å². The van der Waals surface area contributed by atoms with Gasteiger partial charge in [-0.15, -0.1) is 0 Å². The number of carbonyl (C=O) groups is 1. The van der Waals surface area contributed by atoms with Gasteiger partial charge in [0.25, 0.3) is 0 Å². The number of carbonyl (C=O) groups excluding carboxylic acids is 1. The van der Waals surface area contributed by atoms with Crippen LogP contribution in [0.3, 0.4) is 0 Å². The van der Waals surface area contributed by atoms with Gasteiger partial charge in [0.15, 0.2) is 0 Å². The number of nitrogens with one attached hydrogen (secondary N) is 1. The summed E-state index contributed by atoms with van der Waals surface area (Å²) in [7, 11) is 0. The van der Waals surface area contributed by atoms with Gasteiger partial charge >= 0.3 is 6.09 Å². The molecule has 0 saturated carbocycles. The highest BCUT2D eigenvalue weighted by molar-refractivity contribution is 5.67. The Balaban J connectivity index is 1.37. The van der Waals surface area contributed by atoms with Crippen molar-refractivity contribution in [3.8, 4) is 0 Å². The van der Waals surface area contributed by atoms with Gasteiger partial charge in [-0.2, -0.15) is 0 Å². The number of nitrogens with zero attached hydrogens (tertiary/aromatic N) is 2. The van der Waals surface area contributed by atoms with Gasteiger partial charge in [0.1, 0.15) is 5.60 Å². The van der Waals surface area contributed by atoms with Crippen molar-refractivity contribution in [1.82, 2.24) is 15.1 Å². The third-order valence-electron chi connectivity index (χ3n) is 5.29. The lowest BCUT2D eigenvalue weighted by Crippen LogP contribution is -2.36. The summed E-state index contributed by atoms with van der Waals surface area (Å²) in [6, 6.07) is 11.5. The van der Waals surface area contributed by atoms with Crippen LogP contribution in [0.5, 0.6) is 0 Å². The fourth-order valence-corrected chi connectivity index (χ4v) is 4.14. The molecule has 2 heterocycles. The monoisotopic (exact) mass is 359 g/mol. The molecule has 2 saturated heterocycles. The maximum atomic E-state index is 11.7. The Labute approximate surface area is 157 Å². The van der Waals surface area contributed by atoms with E-state index in [1.807, 2.05) is 20.8 Å². The van der Waals surface area contributed by atoms with E-state index in [4.69, 9.17) is 4.74 Å². The largest absolute Gasteiger partial charge is 0.444 e. The molecule has 144 valence electrons. The van der Waals surface area contributed by atoms with Crippen molar-refractivity contribution in [2.24, 2.45) is 5.92 Å². The Morgan fingerprint density at radius 1 is 1.23 bits per heavy atom. The SMILES string of the molecule is CC(C)(C)OC(=O)NCCCN1CC2CCN(Cc3ccccc3)C2C1. The number of amides is 1. The minimum atomic E-state index is -0.432. The maximum Gasteiger partial charge on any atom is 0.407 e. The fourth-order valence-electron chi connectivity index (χ4n) is 4.14. The first-order valence-corrected chi connectivity index (χ1v) is 9.88. The molecular formula is C21H33N3O2. The number of ether oxygens (including phenoxy) is 1. The van der Waals surface area contributed by atoms with Crippen LogP contribution >= 0.6 is 0 Å². The molecule has 0 spiro atoms. The van der Waals surface area contributed by atoms with E-state index in [1.165, 1.54) is 25.1 Å². The van der Waals surface area contributed by atoms with Gasteiger partial charge in [0, 0.05) is 32.2 Å². The topological polar surface area (TPSA) is 44.8 Å². The van der Waals surface area contributed by atoms with Gasteiger partial charge in [0.05, 0.1) is 0 Å². The number of hydrogen-bond acceptors (Lipinski definition) is 4. The lowest BCUT2D eigenvalue weighted by atomic mass is 10.0. The first kappa shape index (κ1) is 19.2. The second-order valence-corrected chi connectivity index (χ2v) is 8.61. The quantitative estimate of drug-likeness (QED) is 0.793. The van der Waals surface area contributed by atoms with E-state index < -0.39 is 5.60 Å². The molecule has 2 atom stereocenters. The molecule has 2 aliphatic rings. The second kappa shape index (κ2) is 8.40. The molecule has 1 aromatic carbocycles. The summed E-state index contributed by atoms with van der Waals surface area (Å²) in [4.78, 5) is 16.9. The lowest BCUT2D eigenvalue weighted by molar-refractivity contribution is 0.0526. The molecule has 0 radical (unpaired) electrons. The van der Waals surface area contributed by atoms with E-state index in [0.717, 1.165) is 32.0 Å². The molecule has 0 aromatic heterocycles. The lowest BCUT2D eigenvalue weighted by Gasteiger charge is -2.25. The molecule has 2 aliphatic heterocycles. The average Bonchev–Trinajstić information content (AvgIpc) is 3.13. The van der Waals surface area contributed by atoms with E-state index in [2.05, 4.69) is 45.4 Å². The second-order valence-electron chi connectivity index (χ2n) is 8.61. The Hall–Kier alpha value is -1.59.